The van der Waals surface area contributed by atoms with Gasteiger partial charge in [0.15, 0.2) is 0 Å². The predicted molar refractivity (Wildman–Crippen MR) is 132 cm³/mol. The second-order valence-electron chi connectivity index (χ2n) is 8.40. The fourth-order valence-electron chi connectivity index (χ4n) is 4.25. The standard InChI is InChI=1S/C28H27NO5/c30-22(18-29-13-15-32-16-14-29)19-33-23-11-12-24-25(17-23)34-28(21-9-5-2-6-10-21)26(27(24)31)20-7-3-1-4-8-20/h1-12,17,22,30H,13-16,18-19H2. The van der Waals surface area contributed by atoms with E-state index < -0.39 is 6.10 Å². The zero-order valence-electron chi connectivity index (χ0n) is 18.9. The molecule has 6 heteroatoms. The van der Waals surface area contributed by atoms with Crippen molar-refractivity contribution in [3.8, 4) is 28.2 Å². The first-order chi connectivity index (χ1) is 16.7. The maximum Gasteiger partial charge on any atom is 0.201 e. The zero-order chi connectivity index (χ0) is 23.3. The van der Waals surface area contributed by atoms with Crippen LogP contribution < -0.4 is 10.2 Å². The molecule has 34 heavy (non-hydrogen) atoms. The fourth-order valence-corrected chi connectivity index (χ4v) is 4.25. The molecule has 1 fully saturated rings. The summed E-state index contributed by atoms with van der Waals surface area (Å²) in [7, 11) is 0. The number of morpholine rings is 1. The highest BCUT2D eigenvalue weighted by Crippen LogP contribution is 2.33. The number of hydrogen-bond acceptors (Lipinski definition) is 6. The number of aliphatic hydroxyl groups excluding tert-OH is 1. The van der Waals surface area contributed by atoms with E-state index in [4.69, 9.17) is 13.9 Å². The highest BCUT2D eigenvalue weighted by Gasteiger charge is 2.19. The minimum atomic E-state index is -0.624. The van der Waals surface area contributed by atoms with E-state index in [9.17, 15) is 9.90 Å². The van der Waals surface area contributed by atoms with Gasteiger partial charge < -0.3 is 19.0 Å². The summed E-state index contributed by atoms with van der Waals surface area (Å²) in [6.07, 6.45) is -0.624. The summed E-state index contributed by atoms with van der Waals surface area (Å²) in [5, 5.41) is 10.9. The number of β-amino-alcohol motifs (C(OH)–C–C–N with tert-alkyl or cyclic N) is 1. The highest BCUT2D eigenvalue weighted by molar-refractivity contribution is 5.89. The van der Waals surface area contributed by atoms with E-state index in [1.54, 1.807) is 18.2 Å². The van der Waals surface area contributed by atoms with Crippen LogP contribution in [0.1, 0.15) is 0 Å². The minimum absolute atomic E-state index is 0.0924. The molecule has 0 aliphatic carbocycles. The number of nitrogens with zero attached hydrogens (tertiary/aromatic N) is 1. The Morgan fingerprint density at radius 3 is 2.29 bits per heavy atom. The third kappa shape index (κ3) is 4.89. The lowest BCUT2D eigenvalue weighted by Crippen LogP contribution is -2.42. The normalized spacial score (nSPS) is 15.3. The number of hydrogen-bond donors (Lipinski definition) is 1. The summed E-state index contributed by atoms with van der Waals surface area (Å²) in [6, 6.07) is 24.4. The first-order valence-corrected chi connectivity index (χ1v) is 11.5. The monoisotopic (exact) mass is 457 g/mol. The molecule has 174 valence electrons. The van der Waals surface area contributed by atoms with Crippen LogP contribution in [0, 0.1) is 0 Å². The van der Waals surface area contributed by atoms with Crippen LogP contribution in [0.5, 0.6) is 5.75 Å². The molecule has 1 aliphatic rings. The average Bonchev–Trinajstić information content (AvgIpc) is 2.89. The first kappa shape index (κ1) is 22.3. The molecular formula is C28H27NO5. The topological polar surface area (TPSA) is 72.1 Å². The van der Waals surface area contributed by atoms with Crippen LogP contribution in [0.15, 0.2) is 88.1 Å². The van der Waals surface area contributed by atoms with E-state index >= 15 is 0 Å². The number of ether oxygens (including phenoxy) is 2. The van der Waals surface area contributed by atoms with Gasteiger partial charge in [-0.2, -0.15) is 0 Å². The number of aliphatic hydroxyl groups is 1. The number of rotatable bonds is 7. The van der Waals surface area contributed by atoms with Crippen molar-refractivity contribution in [1.82, 2.24) is 4.90 Å². The van der Waals surface area contributed by atoms with Gasteiger partial charge in [0, 0.05) is 31.3 Å². The number of fused-ring (bicyclic) bond motifs is 1. The van der Waals surface area contributed by atoms with Crippen molar-refractivity contribution in [1.29, 1.82) is 0 Å². The van der Waals surface area contributed by atoms with Gasteiger partial charge in [-0.1, -0.05) is 60.7 Å². The minimum Gasteiger partial charge on any atom is -0.491 e. The highest BCUT2D eigenvalue weighted by atomic mass is 16.5. The lowest BCUT2D eigenvalue weighted by atomic mass is 9.98. The van der Waals surface area contributed by atoms with E-state index in [0.717, 1.165) is 24.2 Å². The van der Waals surface area contributed by atoms with Crippen molar-refractivity contribution in [2.45, 2.75) is 6.10 Å². The maximum atomic E-state index is 13.6. The van der Waals surface area contributed by atoms with Crippen LogP contribution in [-0.4, -0.2) is 55.6 Å². The maximum absolute atomic E-state index is 13.6. The quantitative estimate of drug-likeness (QED) is 0.449. The zero-order valence-corrected chi connectivity index (χ0v) is 18.9. The largest absolute Gasteiger partial charge is 0.491 e. The Kier molecular flexibility index (Phi) is 6.72. The molecule has 0 spiro atoms. The van der Waals surface area contributed by atoms with Crippen LogP contribution in [0.3, 0.4) is 0 Å². The Bertz CT molecular complexity index is 1300. The lowest BCUT2D eigenvalue weighted by Gasteiger charge is -2.28. The summed E-state index contributed by atoms with van der Waals surface area (Å²) < 4.78 is 17.5. The van der Waals surface area contributed by atoms with Gasteiger partial charge in [-0.15, -0.1) is 0 Å². The molecule has 5 rings (SSSR count). The summed E-state index contributed by atoms with van der Waals surface area (Å²) in [5.74, 6) is 1.07. The van der Waals surface area contributed by atoms with E-state index in [0.29, 0.717) is 47.8 Å². The average molecular weight is 458 g/mol. The molecule has 1 N–H and O–H groups in total. The van der Waals surface area contributed by atoms with Gasteiger partial charge in [-0.05, 0) is 17.7 Å². The van der Waals surface area contributed by atoms with Gasteiger partial charge in [0.1, 0.15) is 29.8 Å². The Balaban J connectivity index is 1.46. The smallest absolute Gasteiger partial charge is 0.201 e. The number of benzene rings is 3. The van der Waals surface area contributed by atoms with Gasteiger partial charge in [0.05, 0.1) is 24.2 Å². The molecule has 4 aromatic rings. The summed E-state index contributed by atoms with van der Waals surface area (Å²) in [4.78, 5) is 15.7. The molecule has 1 aromatic heterocycles. The van der Waals surface area contributed by atoms with Gasteiger partial charge in [-0.3, -0.25) is 9.69 Å². The van der Waals surface area contributed by atoms with Crippen LogP contribution in [-0.2, 0) is 4.74 Å². The summed E-state index contributed by atoms with van der Waals surface area (Å²) in [5.41, 5.74) is 2.53. The second kappa shape index (κ2) is 10.2. The molecule has 0 saturated carbocycles. The Hall–Kier alpha value is -3.45. The van der Waals surface area contributed by atoms with Crippen molar-refractivity contribution >= 4 is 11.0 Å². The fraction of sp³-hybridized carbons (Fsp3) is 0.250. The van der Waals surface area contributed by atoms with E-state index in [-0.39, 0.29) is 12.0 Å². The van der Waals surface area contributed by atoms with Crippen molar-refractivity contribution in [2.75, 3.05) is 39.5 Å². The molecule has 6 nitrogen and oxygen atoms in total. The molecule has 0 bridgehead atoms. The van der Waals surface area contributed by atoms with Crippen LogP contribution in [0.2, 0.25) is 0 Å². The Labute approximate surface area is 198 Å². The van der Waals surface area contributed by atoms with Crippen molar-refractivity contribution in [3.05, 3.63) is 89.1 Å². The van der Waals surface area contributed by atoms with Gasteiger partial charge >= 0.3 is 0 Å². The molecule has 1 unspecified atom stereocenters. The van der Waals surface area contributed by atoms with Crippen molar-refractivity contribution in [2.24, 2.45) is 0 Å². The molecule has 2 heterocycles. The van der Waals surface area contributed by atoms with Crippen molar-refractivity contribution < 1.29 is 19.0 Å². The van der Waals surface area contributed by atoms with Gasteiger partial charge in [0.25, 0.3) is 0 Å². The third-order valence-electron chi connectivity index (χ3n) is 5.98. The SMILES string of the molecule is O=c1c(-c2ccccc2)c(-c2ccccc2)oc2cc(OCC(O)CN3CCOCC3)ccc12. The lowest BCUT2D eigenvalue weighted by molar-refractivity contribution is 0.00466. The molecular weight excluding hydrogens is 430 g/mol. The van der Waals surface area contributed by atoms with E-state index in [1.807, 2.05) is 60.7 Å². The third-order valence-corrected chi connectivity index (χ3v) is 5.98. The van der Waals surface area contributed by atoms with Crippen molar-refractivity contribution in [3.63, 3.8) is 0 Å². The Morgan fingerprint density at radius 2 is 1.59 bits per heavy atom. The second-order valence-corrected chi connectivity index (χ2v) is 8.40. The summed E-state index contributed by atoms with van der Waals surface area (Å²) >= 11 is 0. The van der Waals surface area contributed by atoms with E-state index in [2.05, 4.69) is 4.90 Å². The Morgan fingerprint density at radius 1 is 0.912 bits per heavy atom. The summed E-state index contributed by atoms with van der Waals surface area (Å²) in [6.45, 7) is 3.68. The van der Waals surface area contributed by atoms with E-state index in [1.165, 1.54) is 0 Å². The molecule has 3 aromatic carbocycles. The molecule has 0 radical (unpaired) electrons. The first-order valence-electron chi connectivity index (χ1n) is 11.5. The van der Waals surface area contributed by atoms with Crippen LogP contribution in [0.25, 0.3) is 33.4 Å². The van der Waals surface area contributed by atoms with Gasteiger partial charge in [0.2, 0.25) is 5.43 Å². The van der Waals surface area contributed by atoms with Gasteiger partial charge in [-0.25, -0.2) is 0 Å². The molecule has 1 saturated heterocycles. The molecule has 1 aliphatic heterocycles. The predicted octanol–water partition coefficient (Wildman–Crippen LogP) is 4.20. The van der Waals surface area contributed by atoms with Crippen LogP contribution >= 0.6 is 0 Å². The molecule has 1 atom stereocenters. The molecule has 0 amide bonds. The van der Waals surface area contributed by atoms with Crippen LogP contribution in [0.4, 0.5) is 0 Å².